The summed E-state index contributed by atoms with van der Waals surface area (Å²) in [5.74, 6) is 0.302. The van der Waals surface area contributed by atoms with Crippen LogP contribution in [-0.4, -0.2) is 37.5 Å². The van der Waals surface area contributed by atoms with Crippen molar-refractivity contribution >= 4 is 9.84 Å². The average Bonchev–Trinajstić information content (AvgIpc) is 2.24. The molecule has 84 valence electrons. The van der Waals surface area contributed by atoms with Gasteiger partial charge in [-0.15, -0.1) is 0 Å². The predicted molar refractivity (Wildman–Crippen MR) is 57.9 cm³/mol. The highest BCUT2D eigenvalue weighted by molar-refractivity contribution is 7.92. The molecule has 0 radical (unpaired) electrons. The first-order chi connectivity index (χ1) is 6.22. The Bertz CT molecular complexity index is 292. The van der Waals surface area contributed by atoms with Gasteiger partial charge in [-0.2, -0.15) is 0 Å². The lowest BCUT2D eigenvalue weighted by Gasteiger charge is -2.23. The fourth-order valence-electron chi connectivity index (χ4n) is 1.62. The molecule has 0 bridgehead atoms. The van der Waals surface area contributed by atoms with Crippen molar-refractivity contribution in [2.24, 2.45) is 5.73 Å². The van der Waals surface area contributed by atoms with Crippen LogP contribution in [0, 0.1) is 0 Å². The van der Waals surface area contributed by atoms with E-state index in [1.807, 2.05) is 13.8 Å². The number of nitrogens with two attached hydrogens (primary N) is 1. The summed E-state index contributed by atoms with van der Waals surface area (Å²) in [6.45, 7) is 6.27. The zero-order valence-electron chi connectivity index (χ0n) is 9.08. The lowest BCUT2D eigenvalue weighted by molar-refractivity contribution is 0.413. The molecule has 0 saturated carbocycles. The highest BCUT2D eigenvalue weighted by Gasteiger charge is 2.36. The Kier molecular flexibility index (Phi) is 3.23. The molecule has 2 unspecified atom stereocenters. The minimum Gasteiger partial charge on any atom is -0.324 e. The summed E-state index contributed by atoms with van der Waals surface area (Å²) in [7, 11) is -2.85. The van der Waals surface area contributed by atoms with E-state index in [0.29, 0.717) is 18.7 Å². The van der Waals surface area contributed by atoms with E-state index in [1.165, 1.54) is 0 Å². The summed E-state index contributed by atoms with van der Waals surface area (Å²) < 4.78 is 22.9. The summed E-state index contributed by atoms with van der Waals surface area (Å²) in [5.41, 5.74) is 5.53. The molecule has 1 fully saturated rings. The molecule has 0 amide bonds. The second-order valence-corrected chi connectivity index (χ2v) is 7.31. The second kappa shape index (κ2) is 3.79. The molecule has 0 aliphatic carbocycles. The molecule has 0 aromatic heterocycles. The molecule has 0 spiro atoms. The largest absolute Gasteiger partial charge is 0.324 e. The summed E-state index contributed by atoms with van der Waals surface area (Å²) in [4.78, 5) is 0. The van der Waals surface area contributed by atoms with Crippen LogP contribution >= 0.6 is 0 Å². The molecule has 1 aliphatic rings. The van der Waals surface area contributed by atoms with Crippen LogP contribution in [-0.2, 0) is 9.84 Å². The molecular weight excluding hydrogens is 200 g/mol. The quantitative estimate of drug-likeness (QED) is 0.696. The normalized spacial score (nSPS) is 32.0. The maximum atomic E-state index is 11.4. The molecule has 1 rings (SSSR count). The van der Waals surface area contributed by atoms with E-state index in [9.17, 15) is 8.42 Å². The van der Waals surface area contributed by atoms with Crippen molar-refractivity contribution in [3.8, 4) is 0 Å². The molecule has 4 nitrogen and oxygen atoms in total. The molecular formula is C9H20N2O2S. The van der Waals surface area contributed by atoms with Crippen LogP contribution in [0.3, 0.4) is 0 Å². The van der Waals surface area contributed by atoms with Crippen molar-refractivity contribution in [1.82, 2.24) is 5.32 Å². The number of sulfone groups is 1. The van der Waals surface area contributed by atoms with Crippen LogP contribution in [0.5, 0.6) is 0 Å². The Morgan fingerprint density at radius 1 is 1.50 bits per heavy atom. The van der Waals surface area contributed by atoms with E-state index in [1.54, 1.807) is 6.92 Å². The van der Waals surface area contributed by atoms with Gasteiger partial charge in [0.25, 0.3) is 0 Å². The molecule has 2 atom stereocenters. The summed E-state index contributed by atoms with van der Waals surface area (Å²) in [6.07, 6.45) is 0.708. The van der Waals surface area contributed by atoms with E-state index in [-0.39, 0.29) is 16.8 Å². The highest BCUT2D eigenvalue weighted by Crippen LogP contribution is 2.20. The molecule has 3 N–H and O–H groups in total. The Hall–Kier alpha value is -0.130. The minimum absolute atomic E-state index is 0.0721. The molecule has 5 heteroatoms. The van der Waals surface area contributed by atoms with Gasteiger partial charge in [0.1, 0.15) is 0 Å². The van der Waals surface area contributed by atoms with Crippen LogP contribution in [0.2, 0.25) is 0 Å². The maximum absolute atomic E-state index is 11.4. The fourth-order valence-corrected chi connectivity index (χ4v) is 3.31. The topological polar surface area (TPSA) is 72.2 Å². The summed E-state index contributed by atoms with van der Waals surface area (Å²) in [6, 6.07) is 0.0721. The minimum atomic E-state index is -2.85. The third-order valence-electron chi connectivity index (χ3n) is 2.67. The molecule has 1 heterocycles. The van der Waals surface area contributed by atoms with Gasteiger partial charge in [0.15, 0.2) is 9.84 Å². The van der Waals surface area contributed by atoms with Gasteiger partial charge in [-0.3, -0.25) is 0 Å². The highest BCUT2D eigenvalue weighted by atomic mass is 32.2. The first kappa shape index (κ1) is 11.9. The van der Waals surface area contributed by atoms with Gasteiger partial charge in [-0.05, 0) is 27.2 Å². The lowest BCUT2D eigenvalue weighted by Crippen LogP contribution is -2.48. The zero-order valence-corrected chi connectivity index (χ0v) is 9.89. The molecule has 0 aromatic carbocycles. The van der Waals surface area contributed by atoms with E-state index in [4.69, 9.17) is 5.73 Å². The smallest absolute Gasteiger partial charge is 0.154 e. The van der Waals surface area contributed by atoms with Gasteiger partial charge in [0, 0.05) is 18.1 Å². The van der Waals surface area contributed by atoms with Crippen molar-refractivity contribution in [3.63, 3.8) is 0 Å². The molecule has 14 heavy (non-hydrogen) atoms. The summed E-state index contributed by atoms with van der Waals surface area (Å²) in [5, 5.41) is 2.95. The number of rotatable bonds is 3. The number of hydrogen-bond acceptors (Lipinski definition) is 4. The fraction of sp³-hybridized carbons (Fsp3) is 1.00. The van der Waals surface area contributed by atoms with Crippen molar-refractivity contribution in [2.45, 2.75) is 44.0 Å². The van der Waals surface area contributed by atoms with Crippen molar-refractivity contribution in [2.75, 3.05) is 12.3 Å². The molecule has 1 saturated heterocycles. The summed E-state index contributed by atoms with van der Waals surface area (Å²) >= 11 is 0. The standard InChI is InChI=1S/C9H20N2O2S/c1-7-8(4-5-14(7,12)13)11-6-9(2,3)10/h7-8,11H,4-6,10H2,1-3H3. The van der Waals surface area contributed by atoms with Gasteiger partial charge < -0.3 is 11.1 Å². The predicted octanol–water partition coefficient (Wildman–Crippen LogP) is -0.111. The van der Waals surface area contributed by atoms with Crippen LogP contribution in [0.4, 0.5) is 0 Å². The number of nitrogens with one attached hydrogen (secondary N) is 1. The van der Waals surface area contributed by atoms with Gasteiger partial charge >= 0.3 is 0 Å². The van der Waals surface area contributed by atoms with E-state index in [0.717, 1.165) is 0 Å². The van der Waals surface area contributed by atoms with Crippen LogP contribution in [0.15, 0.2) is 0 Å². The van der Waals surface area contributed by atoms with Gasteiger partial charge in [0.05, 0.1) is 11.0 Å². The third-order valence-corrected chi connectivity index (χ3v) is 4.93. The Labute approximate surface area is 86.2 Å². The number of hydrogen-bond donors (Lipinski definition) is 2. The van der Waals surface area contributed by atoms with Crippen LogP contribution < -0.4 is 11.1 Å². The lowest BCUT2D eigenvalue weighted by atomic mass is 10.1. The van der Waals surface area contributed by atoms with E-state index in [2.05, 4.69) is 5.32 Å². The third kappa shape index (κ3) is 2.93. The first-order valence-corrected chi connectivity index (χ1v) is 6.68. The zero-order chi connectivity index (χ0) is 11.0. The van der Waals surface area contributed by atoms with Gasteiger partial charge in [-0.25, -0.2) is 8.42 Å². The van der Waals surface area contributed by atoms with Gasteiger partial charge in [-0.1, -0.05) is 0 Å². The Morgan fingerprint density at radius 2 is 2.07 bits per heavy atom. The van der Waals surface area contributed by atoms with Crippen molar-refractivity contribution < 1.29 is 8.42 Å². The average molecular weight is 220 g/mol. The monoisotopic (exact) mass is 220 g/mol. The molecule has 0 aromatic rings. The van der Waals surface area contributed by atoms with Crippen LogP contribution in [0.25, 0.3) is 0 Å². The van der Waals surface area contributed by atoms with Gasteiger partial charge in [0.2, 0.25) is 0 Å². The SMILES string of the molecule is CC1C(NCC(C)(C)N)CCS1(=O)=O. The van der Waals surface area contributed by atoms with E-state index < -0.39 is 9.84 Å². The first-order valence-electron chi connectivity index (χ1n) is 4.96. The molecule has 1 aliphatic heterocycles. The Morgan fingerprint density at radius 3 is 2.43 bits per heavy atom. The second-order valence-electron chi connectivity index (χ2n) is 4.84. The maximum Gasteiger partial charge on any atom is 0.154 e. The Balaban J connectivity index is 2.50. The van der Waals surface area contributed by atoms with E-state index >= 15 is 0 Å². The van der Waals surface area contributed by atoms with Crippen LogP contribution in [0.1, 0.15) is 27.2 Å². The van der Waals surface area contributed by atoms with Crippen molar-refractivity contribution in [1.29, 1.82) is 0 Å². The van der Waals surface area contributed by atoms with Crippen molar-refractivity contribution in [3.05, 3.63) is 0 Å².